The van der Waals surface area contributed by atoms with E-state index in [1.165, 1.54) is 24.1 Å². The molecule has 1 amide bonds. The molecule has 0 radical (unpaired) electrons. The van der Waals surface area contributed by atoms with Gasteiger partial charge in [-0.3, -0.25) is 9.69 Å². The molecule has 1 saturated carbocycles. The summed E-state index contributed by atoms with van der Waals surface area (Å²) >= 11 is 1.83. The van der Waals surface area contributed by atoms with Crippen LogP contribution in [-0.2, 0) is 11.3 Å². The molecule has 0 bridgehead atoms. The summed E-state index contributed by atoms with van der Waals surface area (Å²) in [7, 11) is 0. The number of hydrogen-bond donors (Lipinski definition) is 1. The van der Waals surface area contributed by atoms with Crippen molar-refractivity contribution in [2.75, 3.05) is 39.3 Å². The predicted octanol–water partition coefficient (Wildman–Crippen LogP) is 2.17. The number of carbonyl (C=O) groups excluding carboxylic acids is 1. The second kappa shape index (κ2) is 6.54. The van der Waals surface area contributed by atoms with Crippen molar-refractivity contribution in [1.82, 2.24) is 15.1 Å². The molecular formula is C18H27N3OS. The highest BCUT2D eigenvalue weighted by atomic mass is 32.1. The van der Waals surface area contributed by atoms with Crippen molar-refractivity contribution in [3.05, 3.63) is 22.4 Å². The lowest BCUT2D eigenvalue weighted by molar-refractivity contribution is -0.147. The first-order valence-corrected chi connectivity index (χ1v) is 9.91. The van der Waals surface area contributed by atoms with Crippen LogP contribution in [-0.4, -0.2) is 55.0 Å². The Morgan fingerprint density at radius 3 is 2.96 bits per heavy atom. The summed E-state index contributed by atoms with van der Waals surface area (Å²) in [6, 6.07) is 4.33. The van der Waals surface area contributed by atoms with E-state index in [1.54, 1.807) is 0 Å². The van der Waals surface area contributed by atoms with Gasteiger partial charge >= 0.3 is 0 Å². The summed E-state index contributed by atoms with van der Waals surface area (Å²) in [5.74, 6) is 1.02. The van der Waals surface area contributed by atoms with Gasteiger partial charge in [0.2, 0.25) is 5.91 Å². The van der Waals surface area contributed by atoms with Crippen molar-refractivity contribution >= 4 is 17.2 Å². The fraction of sp³-hybridized carbons (Fsp3) is 0.722. The molecule has 1 aliphatic carbocycles. The first kappa shape index (κ1) is 15.6. The Morgan fingerprint density at radius 1 is 1.30 bits per heavy atom. The summed E-state index contributed by atoms with van der Waals surface area (Å²) in [6.45, 7) is 6.82. The molecule has 2 saturated heterocycles. The van der Waals surface area contributed by atoms with Crippen LogP contribution in [0.25, 0.3) is 0 Å². The zero-order valence-corrected chi connectivity index (χ0v) is 14.6. The maximum Gasteiger partial charge on any atom is 0.230 e. The highest BCUT2D eigenvalue weighted by Crippen LogP contribution is 2.45. The number of amides is 1. The minimum absolute atomic E-state index is 0.0752. The van der Waals surface area contributed by atoms with Gasteiger partial charge in [0.1, 0.15) is 0 Å². The molecule has 5 heteroatoms. The van der Waals surface area contributed by atoms with E-state index in [9.17, 15) is 4.79 Å². The average Bonchev–Trinajstić information content (AvgIpc) is 3.24. The standard InChI is InChI=1S/C18H27N3OS/c22-17(18-6-2-1-4-15(18)12-19-14-18)21-9-7-20(8-10-21)13-16-5-3-11-23-16/h3,5,11,15,19H,1-2,4,6-10,12-14H2/t15-,18+/m0/s1. The number of hydrogen-bond acceptors (Lipinski definition) is 4. The molecule has 3 heterocycles. The van der Waals surface area contributed by atoms with Gasteiger partial charge in [-0.15, -0.1) is 11.3 Å². The van der Waals surface area contributed by atoms with Gasteiger partial charge in [0, 0.05) is 44.1 Å². The smallest absolute Gasteiger partial charge is 0.230 e. The Labute approximate surface area is 142 Å². The molecule has 4 nitrogen and oxygen atoms in total. The molecule has 4 rings (SSSR count). The number of rotatable bonds is 3. The van der Waals surface area contributed by atoms with E-state index in [0.29, 0.717) is 11.8 Å². The second-order valence-electron chi connectivity index (χ2n) is 7.38. The van der Waals surface area contributed by atoms with Crippen LogP contribution in [0.15, 0.2) is 17.5 Å². The third-order valence-corrected chi connectivity index (χ3v) is 6.94. The summed E-state index contributed by atoms with van der Waals surface area (Å²) < 4.78 is 0. The molecular weight excluding hydrogens is 306 g/mol. The summed E-state index contributed by atoms with van der Waals surface area (Å²) in [4.78, 5) is 19.3. The van der Waals surface area contributed by atoms with E-state index in [2.05, 4.69) is 32.6 Å². The van der Waals surface area contributed by atoms with Crippen LogP contribution in [0.1, 0.15) is 30.6 Å². The molecule has 1 aromatic rings. The van der Waals surface area contributed by atoms with Crippen molar-refractivity contribution in [3.8, 4) is 0 Å². The molecule has 0 unspecified atom stereocenters. The van der Waals surface area contributed by atoms with Gasteiger partial charge in [0.15, 0.2) is 0 Å². The maximum atomic E-state index is 13.2. The molecule has 1 aromatic heterocycles. The van der Waals surface area contributed by atoms with Gasteiger partial charge in [-0.05, 0) is 36.8 Å². The minimum atomic E-state index is -0.0752. The van der Waals surface area contributed by atoms with Gasteiger partial charge in [-0.25, -0.2) is 0 Å². The number of nitrogens with one attached hydrogen (secondary N) is 1. The quantitative estimate of drug-likeness (QED) is 0.921. The van der Waals surface area contributed by atoms with Gasteiger partial charge in [-0.2, -0.15) is 0 Å². The van der Waals surface area contributed by atoms with Gasteiger partial charge in [-0.1, -0.05) is 18.9 Å². The van der Waals surface area contributed by atoms with E-state index in [4.69, 9.17) is 0 Å². The lowest BCUT2D eigenvalue weighted by Gasteiger charge is -2.43. The van der Waals surface area contributed by atoms with Crippen LogP contribution < -0.4 is 5.32 Å². The third-order valence-electron chi connectivity index (χ3n) is 6.08. The van der Waals surface area contributed by atoms with E-state index >= 15 is 0 Å². The van der Waals surface area contributed by atoms with Crippen LogP contribution in [0.2, 0.25) is 0 Å². The predicted molar refractivity (Wildman–Crippen MR) is 93.4 cm³/mol. The molecule has 3 fully saturated rings. The fourth-order valence-corrected chi connectivity index (χ4v) is 5.46. The molecule has 0 aromatic carbocycles. The average molecular weight is 334 g/mol. The molecule has 1 N–H and O–H groups in total. The van der Waals surface area contributed by atoms with E-state index in [1.807, 2.05) is 11.3 Å². The Hall–Kier alpha value is -0.910. The fourth-order valence-electron chi connectivity index (χ4n) is 4.72. The van der Waals surface area contributed by atoms with Crippen LogP contribution >= 0.6 is 11.3 Å². The van der Waals surface area contributed by atoms with Crippen LogP contribution in [0.5, 0.6) is 0 Å². The second-order valence-corrected chi connectivity index (χ2v) is 8.41. The largest absolute Gasteiger partial charge is 0.340 e. The summed E-state index contributed by atoms with van der Waals surface area (Å²) in [5, 5.41) is 5.65. The highest BCUT2D eigenvalue weighted by molar-refractivity contribution is 7.09. The van der Waals surface area contributed by atoms with Crippen molar-refractivity contribution in [1.29, 1.82) is 0 Å². The van der Waals surface area contributed by atoms with Crippen LogP contribution in [0.3, 0.4) is 0 Å². The number of fused-ring (bicyclic) bond motifs is 1. The van der Waals surface area contributed by atoms with Crippen LogP contribution in [0.4, 0.5) is 0 Å². The Bertz CT molecular complexity index is 538. The zero-order chi connectivity index (χ0) is 15.7. The molecule has 23 heavy (non-hydrogen) atoms. The van der Waals surface area contributed by atoms with Crippen LogP contribution in [0, 0.1) is 11.3 Å². The summed E-state index contributed by atoms with van der Waals surface area (Å²) in [5.41, 5.74) is -0.0752. The topological polar surface area (TPSA) is 35.6 Å². The Kier molecular flexibility index (Phi) is 4.43. The van der Waals surface area contributed by atoms with Crippen molar-refractivity contribution < 1.29 is 4.79 Å². The molecule has 126 valence electrons. The lowest BCUT2D eigenvalue weighted by atomic mass is 9.67. The van der Waals surface area contributed by atoms with Crippen molar-refractivity contribution in [3.63, 3.8) is 0 Å². The monoisotopic (exact) mass is 333 g/mol. The van der Waals surface area contributed by atoms with E-state index in [-0.39, 0.29) is 5.41 Å². The normalized spacial score (nSPS) is 32.0. The number of nitrogens with zero attached hydrogens (tertiary/aromatic N) is 2. The zero-order valence-electron chi connectivity index (χ0n) is 13.8. The number of piperazine rings is 1. The first-order valence-electron chi connectivity index (χ1n) is 9.03. The lowest BCUT2D eigenvalue weighted by Crippen LogP contribution is -2.55. The van der Waals surface area contributed by atoms with E-state index < -0.39 is 0 Å². The molecule has 2 atom stereocenters. The highest BCUT2D eigenvalue weighted by Gasteiger charge is 2.51. The Balaban J connectivity index is 1.37. The molecule has 0 spiro atoms. The number of carbonyl (C=O) groups is 1. The Morgan fingerprint density at radius 2 is 2.17 bits per heavy atom. The van der Waals surface area contributed by atoms with E-state index in [0.717, 1.165) is 52.2 Å². The van der Waals surface area contributed by atoms with Gasteiger partial charge in [0.05, 0.1) is 5.41 Å². The minimum Gasteiger partial charge on any atom is -0.340 e. The van der Waals surface area contributed by atoms with Crippen molar-refractivity contribution in [2.24, 2.45) is 11.3 Å². The first-order chi connectivity index (χ1) is 11.3. The maximum absolute atomic E-state index is 13.2. The molecule has 2 aliphatic heterocycles. The van der Waals surface area contributed by atoms with Gasteiger partial charge in [0.25, 0.3) is 0 Å². The SMILES string of the molecule is O=C(N1CCN(Cc2cccs2)CC1)[C@@]12CCCC[C@H]1CNC2. The molecule has 3 aliphatic rings. The summed E-state index contributed by atoms with van der Waals surface area (Å²) in [6.07, 6.45) is 4.86. The van der Waals surface area contributed by atoms with Gasteiger partial charge < -0.3 is 10.2 Å². The number of thiophene rings is 1. The third kappa shape index (κ3) is 2.94. The van der Waals surface area contributed by atoms with Crippen molar-refractivity contribution in [2.45, 2.75) is 32.2 Å².